The molecule has 1 aromatic heterocycles. The molecule has 0 radical (unpaired) electrons. The maximum Gasteiger partial charge on any atom is 0.236 e. The van der Waals surface area contributed by atoms with Gasteiger partial charge in [0.25, 0.3) is 0 Å². The first kappa shape index (κ1) is 21.0. The standard InChI is InChI=1S/C25H33N3O2/c1-27(22-10-6-3-7-11-22)25(29)19-28-14-15-30-24(18-28)23-13-12-21(17-26-23)16-20-8-4-2-5-9-20/h2,4-5,8-9,12-13,17,22,24H,3,6-7,10-11,14-16,18-19H2,1H3. The highest BCUT2D eigenvalue weighted by atomic mass is 16.5. The number of likely N-dealkylation sites (N-methyl/N-ethyl adjacent to an activating group) is 1. The fourth-order valence-corrected chi connectivity index (χ4v) is 4.56. The van der Waals surface area contributed by atoms with Gasteiger partial charge in [0.1, 0.15) is 6.10 Å². The van der Waals surface area contributed by atoms with Gasteiger partial charge in [-0.05, 0) is 36.5 Å². The largest absolute Gasteiger partial charge is 0.369 e. The number of benzene rings is 1. The first-order valence-corrected chi connectivity index (χ1v) is 11.3. The van der Waals surface area contributed by atoms with Crippen molar-refractivity contribution in [2.24, 2.45) is 0 Å². The molecule has 1 aliphatic carbocycles. The summed E-state index contributed by atoms with van der Waals surface area (Å²) >= 11 is 0. The molecule has 1 saturated heterocycles. The van der Waals surface area contributed by atoms with Crippen LogP contribution in [-0.4, -0.2) is 60.0 Å². The van der Waals surface area contributed by atoms with Crippen LogP contribution in [0.5, 0.6) is 0 Å². The molecule has 2 aliphatic rings. The van der Waals surface area contributed by atoms with Gasteiger partial charge in [-0.25, -0.2) is 0 Å². The zero-order valence-corrected chi connectivity index (χ0v) is 18.0. The Morgan fingerprint density at radius 3 is 2.63 bits per heavy atom. The van der Waals surface area contributed by atoms with E-state index in [9.17, 15) is 4.79 Å². The predicted octanol–water partition coefficient (Wildman–Crippen LogP) is 3.84. The number of pyridine rings is 1. The molecule has 5 heteroatoms. The smallest absolute Gasteiger partial charge is 0.236 e. The lowest BCUT2D eigenvalue weighted by molar-refractivity contribution is -0.135. The monoisotopic (exact) mass is 407 g/mol. The molecule has 4 rings (SSSR count). The molecule has 5 nitrogen and oxygen atoms in total. The van der Waals surface area contributed by atoms with Crippen LogP contribution < -0.4 is 0 Å². The van der Waals surface area contributed by atoms with E-state index in [2.05, 4.69) is 46.3 Å². The average Bonchev–Trinajstić information content (AvgIpc) is 2.80. The van der Waals surface area contributed by atoms with Crippen LogP contribution in [0.25, 0.3) is 0 Å². The van der Waals surface area contributed by atoms with E-state index in [1.54, 1.807) is 0 Å². The molecule has 2 fully saturated rings. The molecule has 30 heavy (non-hydrogen) atoms. The lowest BCUT2D eigenvalue weighted by Gasteiger charge is -2.35. The molecule has 0 N–H and O–H groups in total. The number of amides is 1. The summed E-state index contributed by atoms with van der Waals surface area (Å²) in [6, 6.07) is 15.1. The Kier molecular flexibility index (Phi) is 7.13. The fraction of sp³-hybridized carbons (Fsp3) is 0.520. The summed E-state index contributed by atoms with van der Waals surface area (Å²) in [6.07, 6.45) is 8.85. The summed E-state index contributed by atoms with van der Waals surface area (Å²) in [4.78, 5) is 21.7. The molecule has 1 unspecified atom stereocenters. The number of morpholine rings is 1. The second-order valence-corrected chi connectivity index (χ2v) is 8.64. The SMILES string of the molecule is CN(C(=O)CN1CCOC(c2ccc(Cc3ccccc3)cn2)C1)C1CCCCC1. The molecule has 2 heterocycles. The van der Waals surface area contributed by atoms with E-state index in [-0.39, 0.29) is 12.0 Å². The maximum absolute atomic E-state index is 12.8. The minimum Gasteiger partial charge on any atom is -0.369 e. The van der Waals surface area contributed by atoms with Crippen LogP contribution in [-0.2, 0) is 16.0 Å². The number of hydrogen-bond acceptors (Lipinski definition) is 4. The topological polar surface area (TPSA) is 45.7 Å². The lowest BCUT2D eigenvalue weighted by atomic mass is 9.94. The number of ether oxygens (including phenoxy) is 1. The Labute approximate surface area is 180 Å². The summed E-state index contributed by atoms with van der Waals surface area (Å²) in [5.41, 5.74) is 3.43. The number of carbonyl (C=O) groups excluding carboxylic acids is 1. The predicted molar refractivity (Wildman–Crippen MR) is 118 cm³/mol. The van der Waals surface area contributed by atoms with Crippen molar-refractivity contribution in [1.82, 2.24) is 14.8 Å². The summed E-state index contributed by atoms with van der Waals surface area (Å²) in [7, 11) is 1.98. The number of nitrogens with zero attached hydrogens (tertiary/aromatic N) is 3. The van der Waals surface area contributed by atoms with E-state index in [1.165, 1.54) is 30.4 Å². The second kappa shape index (κ2) is 10.2. The third-order valence-electron chi connectivity index (χ3n) is 6.45. The van der Waals surface area contributed by atoms with Crippen LogP contribution in [0.1, 0.15) is 55.0 Å². The molecule has 1 saturated carbocycles. The molecule has 160 valence electrons. The fourth-order valence-electron chi connectivity index (χ4n) is 4.56. The average molecular weight is 408 g/mol. The van der Waals surface area contributed by atoms with E-state index in [0.29, 0.717) is 19.2 Å². The zero-order chi connectivity index (χ0) is 20.8. The number of hydrogen-bond donors (Lipinski definition) is 0. The highest BCUT2D eigenvalue weighted by Crippen LogP contribution is 2.24. The summed E-state index contributed by atoms with van der Waals surface area (Å²) < 4.78 is 5.98. The van der Waals surface area contributed by atoms with Gasteiger partial charge in [0.05, 0.1) is 18.8 Å². The molecule has 0 bridgehead atoms. The molecule has 1 aliphatic heterocycles. The maximum atomic E-state index is 12.8. The van der Waals surface area contributed by atoms with Crippen molar-refractivity contribution < 1.29 is 9.53 Å². The normalized spacial score (nSPS) is 20.8. The minimum atomic E-state index is -0.0719. The van der Waals surface area contributed by atoms with Gasteiger partial charge in [-0.2, -0.15) is 0 Å². The summed E-state index contributed by atoms with van der Waals surface area (Å²) in [6.45, 7) is 2.62. The zero-order valence-electron chi connectivity index (χ0n) is 18.0. The van der Waals surface area contributed by atoms with Gasteiger partial charge in [-0.3, -0.25) is 14.7 Å². The minimum absolute atomic E-state index is 0.0719. The number of aromatic nitrogens is 1. The Morgan fingerprint density at radius 1 is 1.10 bits per heavy atom. The van der Waals surface area contributed by atoms with Gasteiger partial charge in [0, 0.05) is 32.4 Å². The Hall–Kier alpha value is -2.24. The van der Waals surface area contributed by atoms with E-state index in [0.717, 1.165) is 38.0 Å². The molecule has 1 amide bonds. The van der Waals surface area contributed by atoms with Gasteiger partial charge in [0.15, 0.2) is 0 Å². The molecular formula is C25H33N3O2. The third kappa shape index (κ3) is 5.46. The number of carbonyl (C=O) groups is 1. The van der Waals surface area contributed by atoms with Gasteiger partial charge in [0.2, 0.25) is 5.91 Å². The van der Waals surface area contributed by atoms with Crippen molar-refractivity contribution in [3.05, 3.63) is 65.5 Å². The molecule has 1 atom stereocenters. The van der Waals surface area contributed by atoms with Crippen LogP contribution in [0, 0.1) is 0 Å². The molecule has 1 aromatic carbocycles. The highest BCUT2D eigenvalue weighted by Gasteiger charge is 2.27. The van der Waals surface area contributed by atoms with Gasteiger partial charge >= 0.3 is 0 Å². The second-order valence-electron chi connectivity index (χ2n) is 8.64. The summed E-state index contributed by atoms with van der Waals surface area (Å²) in [5.74, 6) is 0.230. The quantitative estimate of drug-likeness (QED) is 0.730. The van der Waals surface area contributed by atoms with E-state index < -0.39 is 0 Å². The Balaban J connectivity index is 1.31. The highest BCUT2D eigenvalue weighted by molar-refractivity contribution is 5.78. The van der Waals surface area contributed by atoms with Crippen molar-refractivity contribution in [2.45, 2.75) is 50.7 Å². The molecule has 2 aromatic rings. The third-order valence-corrected chi connectivity index (χ3v) is 6.45. The van der Waals surface area contributed by atoms with Gasteiger partial charge in [-0.1, -0.05) is 55.7 Å². The first-order valence-electron chi connectivity index (χ1n) is 11.3. The van der Waals surface area contributed by atoms with Crippen molar-refractivity contribution in [1.29, 1.82) is 0 Å². The van der Waals surface area contributed by atoms with Crippen LogP contribution in [0.2, 0.25) is 0 Å². The van der Waals surface area contributed by atoms with Crippen LogP contribution >= 0.6 is 0 Å². The van der Waals surface area contributed by atoms with Crippen LogP contribution in [0.3, 0.4) is 0 Å². The van der Waals surface area contributed by atoms with Crippen molar-refractivity contribution in [3.8, 4) is 0 Å². The van der Waals surface area contributed by atoms with Crippen molar-refractivity contribution in [3.63, 3.8) is 0 Å². The van der Waals surface area contributed by atoms with E-state index in [4.69, 9.17) is 4.74 Å². The van der Waals surface area contributed by atoms with Crippen molar-refractivity contribution in [2.75, 3.05) is 33.3 Å². The number of rotatable bonds is 6. The Bertz CT molecular complexity index is 803. The van der Waals surface area contributed by atoms with Crippen LogP contribution in [0.15, 0.2) is 48.7 Å². The summed E-state index contributed by atoms with van der Waals surface area (Å²) in [5, 5.41) is 0. The van der Waals surface area contributed by atoms with E-state index in [1.807, 2.05) is 24.2 Å². The first-order chi connectivity index (χ1) is 14.7. The van der Waals surface area contributed by atoms with E-state index >= 15 is 0 Å². The van der Waals surface area contributed by atoms with Crippen molar-refractivity contribution >= 4 is 5.91 Å². The molecular weight excluding hydrogens is 374 g/mol. The Morgan fingerprint density at radius 2 is 1.90 bits per heavy atom. The molecule has 0 spiro atoms. The van der Waals surface area contributed by atoms with Crippen LogP contribution in [0.4, 0.5) is 0 Å². The van der Waals surface area contributed by atoms with Gasteiger partial charge in [-0.15, -0.1) is 0 Å². The lowest BCUT2D eigenvalue weighted by Crippen LogP contribution is -2.47. The van der Waals surface area contributed by atoms with Gasteiger partial charge < -0.3 is 9.64 Å².